The van der Waals surface area contributed by atoms with Crippen molar-refractivity contribution >= 4 is 39.3 Å². The van der Waals surface area contributed by atoms with Gasteiger partial charge in [0.1, 0.15) is 17.1 Å². The first-order chi connectivity index (χ1) is 9.81. The Morgan fingerprint density at radius 2 is 1.95 bits per heavy atom. The van der Waals surface area contributed by atoms with Crippen LogP contribution < -0.4 is 0 Å². The number of hydrogen-bond acceptors (Lipinski definition) is 3. The highest BCUT2D eigenvalue weighted by molar-refractivity contribution is 6.37. The van der Waals surface area contributed by atoms with Gasteiger partial charge in [-0.1, -0.05) is 29.8 Å². The van der Waals surface area contributed by atoms with Crippen molar-refractivity contribution in [2.75, 3.05) is 0 Å². The Kier molecular flexibility index (Phi) is 2.20. The second-order valence-electron chi connectivity index (χ2n) is 4.43. The predicted octanol–water partition coefficient (Wildman–Crippen LogP) is 3.56. The topological polar surface area (TPSA) is 54.0 Å². The smallest absolute Gasteiger partial charge is 0.164 e. The molecule has 0 fully saturated rings. The lowest BCUT2D eigenvalue weighted by molar-refractivity contribution is 1.23. The van der Waals surface area contributed by atoms with Crippen LogP contribution in [-0.4, -0.2) is 14.4 Å². The Hall–Kier alpha value is -2.64. The summed E-state index contributed by atoms with van der Waals surface area (Å²) in [5.41, 5.74) is 3.30. The molecule has 3 aromatic heterocycles. The molecule has 4 rings (SSSR count). The standard InChI is InChI=1S/C15H7ClN4/c16-13-9-4-1-2-6-12(9)20-14(10(13)8-17)19-11-5-3-7-18-15(11)20/h1-7H. The lowest BCUT2D eigenvalue weighted by Crippen LogP contribution is -1.94. The third-order valence-electron chi connectivity index (χ3n) is 3.35. The highest BCUT2D eigenvalue weighted by atomic mass is 35.5. The second kappa shape index (κ2) is 3.92. The molecule has 0 spiro atoms. The summed E-state index contributed by atoms with van der Waals surface area (Å²) in [6.07, 6.45) is 1.71. The van der Waals surface area contributed by atoms with E-state index in [1.807, 2.05) is 40.8 Å². The van der Waals surface area contributed by atoms with Crippen LogP contribution in [-0.2, 0) is 0 Å². The average molecular weight is 279 g/mol. The van der Waals surface area contributed by atoms with Crippen molar-refractivity contribution < 1.29 is 0 Å². The van der Waals surface area contributed by atoms with Crippen LogP contribution in [0.25, 0.3) is 27.7 Å². The van der Waals surface area contributed by atoms with Crippen molar-refractivity contribution in [3.8, 4) is 6.07 Å². The van der Waals surface area contributed by atoms with Crippen LogP contribution in [0.1, 0.15) is 5.56 Å². The lowest BCUT2D eigenvalue weighted by Gasteiger charge is -2.06. The van der Waals surface area contributed by atoms with Gasteiger partial charge in [-0.3, -0.25) is 4.40 Å². The third kappa shape index (κ3) is 1.30. The normalized spacial score (nSPS) is 11.2. The molecule has 0 aliphatic rings. The summed E-state index contributed by atoms with van der Waals surface area (Å²) in [6, 6.07) is 13.5. The summed E-state index contributed by atoms with van der Waals surface area (Å²) in [4.78, 5) is 8.86. The highest BCUT2D eigenvalue weighted by Crippen LogP contribution is 2.32. The second-order valence-corrected chi connectivity index (χ2v) is 4.81. The number of halogens is 1. The molecule has 1 aromatic carbocycles. The molecule has 4 nitrogen and oxygen atoms in total. The minimum absolute atomic E-state index is 0.378. The molecule has 94 valence electrons. The number of aromatic nitrogens is 3. The highest BCUT2D eigenvalue weighted by Gasteiger charge is 2.17. The number of imidazole rings is 1. The summed E-state index contributed by atoms with van der Waals surface area (Å²) in [5, 5.41) is 10.7. The Balaban J connectivity index is 2.44. The van der Waals surface area contributed by atoms with Crippen LogP contribution in [0.15, 0.2) is 42.6 Å². The number of benzene rings is 1. The maximum Gasteiger partial charge on any atom is 0.164 e. The minimum Gasteiger partial charge on any atom is -0.275 e. The summed E-state index contributed by atoms with van der Waals surface area (Å²) < 4.78 is 1.88. The molecular weight excluding hydrogens is 272 g/mol. The first-order valence-corrected chi connectivity index (χ1v) is 6.42. The predicted molar refractivity (Wildman–Crippen MR) is 77.7 cm³/mol. The van der Waals surface area contributed by atoms with E-state index >= 15 is 0 Å². The van der Waals surface area contributed by atoms with Crippen molar-refractivity contribution in [3.05, 3.63) is 53.2 Å². The first kappa shape index (κ1) is 11.2. The van der Waals surface area contributed by atoms with Gasteiger partial charge in [0.25, 0.3) is 0 Å². The van der Waals surface area contributed by atoms with Crippen LogP contribution >= 0.6 is 11.6 Å². The Morgan fingerprint density at radius 3 is 2.80 bits per heavy atom. The van der Waals surface area contributed by atoms with Gasteiger partial charge < -0.3 is 0 Å². The molecule has 0 atom stereocenters. The van der Waals surface area contributed by atoms with E-state index in [1.165, 1.54) is 0 Å². The van der Waals surface area contributed by atoms with E-state index in [2.05, 4.69) is 16.0 Å². The molecule has 0 unspecified atom stereocenters. The molecular formula is C15H7ClN4. The van der Waals surface area contributed by atoms with Gasteiger partial charge in [-0.05, 0) is 18.2 Å². The van der Waals surface area contributed by atoms with Gasteiger partial charge in [0.05, 0.1) is 10.5 Å². The number of fused-ring (bicyclic) bond motifs is 5. The maximum atomic E-state index is 9.39. The van der Waals surface area contributed by atoms with E-state index < -0.39 is 0 Å². The molecule has 4 aromatic rings. The Morgan fingerprint density at radius 1 is 1.10 bits per heavy atom. The van der Waals surface area contributed by atoms with Gasteiger partial charge in [-0.2, -0.15) is 5.26 Å². The number of para-hydroxylation sites is 1. The number of nitriles is 1. The molecule has 0 bridgehead atoms. The first-order valence-electron chi connectivity index (χ1n) is 6.05. The molecule has 5 heteroatoms. The van der Waals surface area contributed by atoms with Gasteiger partial charge >= 0.3 is 0 Å². The van der Waals surface area contributed by atoms with Gasteiger partial charge in [-0.25, -0.2) is 9.97 Å². The maximum absolute atomic E-state index is 9.39. The van der Waals surface area contributed by atoms with Crippen LogP contribution in [0.2, 0.25) is 5.02 Å². The summed E-state index contributed by atoms with van der Waals surface area (Å²) in [5.74, 6) is 0. The lowest BCUT2D eigenvalue weighted by atomic mass is 10.1. The molecule has 0 radical (unpaired) electrons. The molecule has 0 aliphatic carbocycles. The molecule has 0 aliphatic heterocycles. The van der Waals surface area contributed by atoms with Crippen molar-refractivity contribution in [2.45, 2.75) is 0 Å². The van der Waals surface area contributed by atoms with Gasteiger partial charge in [-0.15, -0.1) is 0 Å². The third-order valence-corrected chi connectivity index (χ3v) is 3.74. The van der Waals surface area contributed by atoms with E-state index in [0.717, 1.165) is 22.1 Å². The van der Waals surface area contributed by atoms with Crippen LogP contribution in [0.5, 0.6) is 0 Å². The zero-order valence-corrected chi connectivity index (χ0v) is 11.0. The summed E-state index contributed by atoms with van der Waals surface area (Å²) >= 11 is 6.35. The fourth-order valence-corrected chi connectivity index (χ4v) is 2.78. The van der Waals surface area contributed by atoms with E-state index in [4.69, 9.17) is 11.6 Å². The molecule has 3 heterocycles. The molecule has 0 saturated heterocycles. The van der Waals surface area contributed by atoms with Gasteiger partial charge in [0, 0.05) is 11.6 Å². The summed E-state index contributed by atoms with van der Waals surface area (Å²) in [7, 11) is 0. The molecule has 0 amide bonds. The SMILES string of the molecule is N#Cc1c(Cl)c2ccccc2n2c1nc1cccnc12. The van der Waals surface area contributed by atoms with E-state index in [-0.39, 0.29) is 0 Å². The van der Waals surface area contributed by atoms with E-state index in [1.54, 1.807) is 6.20 Å². The minimum atomic E-state index is 0.378. The zero-order chi connectivity index (χ0) is 13.7. The number of nitrogens with zero attached hydrogens (tertiary/aromatic N) is 4. The zero-order valence-electron chi connectivity index (χ0n) is 10.2. The number of pyridine rings is 2. The summed E-state index contributed by atoms with van der Waals surface area (Å²) in [6.45, 7) is 0. The number of rotatable bonds is 0. The van der Waals surface area contributed by atoms with Gasteiger partial charge in [0.15, 0.2) is 11.3 Å². The largest absolute Gasteiger partial charge is 0.275 e. The molecule has 0 saturated carbocycles. The quantitative estimate of drug-likeness (QED) is 0.494. The molecule has 0 N–H and O–H groups in total. The Bertz CT molecular complexity index is 1030. The van der Waals surface area contributed by atoms with Gasteiger partial charge in [0.2, 0.25) is 0 Å². The fourth-order valence-electron chi connectivity index (χ4n) is 2.49. The van der Waals surface area contributed by atoms with Crippen LogP contribution in [0, 0.1) is 11.3 Å². The van der Waals surface area contributed by atoms with Crippen molar-refractivity contribution in [2.24, 2.45) is 0 Å². The van der Waals surface area contributed by atoms with E-state index in [9.17, 15) is 5.26 Å². The van der Waals surface area contributed by atoms with Crippen LogP contribution in [0.3, 0.4) is 0 Å². The fraction of sp³-hybridized carbons (Fsp3) is 0. The Labute approximate surface area is 118 Å². The van der Waals surface area contributed by atoms with Crippen molar-refractivity contribution in [1.82, 2.24) is 14.4 Å². The van der Waals surface area contributed by atoms with Crippen molar-refractivity contribution in [1.29, 1.82) is 5.26 Å². The average Bonchev–Trinajstić information content (AvgIpc) is 2.87. The molecule has 20 heavy (non-hydrogen) atoms. The van der Waals surface area contributed by atoms with Crippen molar-refractivity contribution in [3.63, 3.8) is 0 Å². The number of hydrogen-bond donors (Lipinski definition) is 0. The monoisotopic (exact) mass is 278 g/mol. The van der Waals surface area contributed by atoms with Crippen LogP contribution in [0.4, 0.5) is 0 Å². The van der Waals surface area contributed by atoms with E-state index in [0.29, 0.717) is 16.2 Å².